The van der Waals surface area contributed by atoms with Crippen molar-refractivity contribution in [3.8, 4) is 0 Å². The van der Waals surface area contributed by atoms with Crippen LogP contribution in [0, 0.1) is 0 Å². The van der Waals surface area contributed by atoms with E-state index in [9.17, 15) is 4.79 Å². The Kier molecular flexibility index (Phi) is 4.77. The molecule has 1 heterocycles. The second kappa shape index (κ2) is 6.14. The van der Waals surface area contributed by atoms with E-state index in [2.05, 4.69) is 17.3 Å². The number of nitrogens with one attached hydrogen (secondary N) is 1. The quantitative estimate of drug-likeness (QED) is 0.332. The predicted octanol–water partition coefficient (Wildman–Crippen LogP) is 1.42. The van der Waals surface area contributed by atoms with Crippen LogP contribution in [-0.4, -0.2) is 10.9 Å². The number of carbonyl (C=O) groups is 1. The van der Waals surface area contributed by atoms with Gasteiger partial charge in [-0.1, -0.05) is 19.8 Å². The van der Waals surface area contributed by atoms with E-state index in [1.54, 1.807) is 18.5 Å². The lowest BCUT2D eigenvalue weighted by atomic mass is 10.0. The standard InChI is InChI=1S/C11H17N3O/c1-2-3-4-5-9-8-13-7-6-10(9)11(15)14-12/h6-8H,2-5,12H2,1H3,(H,14,15). The highest BCUT2D eigenvalue weighted by molar-refractivity contribution is 5.95. The van der Waals surface area contributed by atoms with Crippen LogP contribution in [-0.2, 0) is 6.42 Å². The number of hydrogen-bond acceptors (Lipinski definition) is 3. The lowest BCUT2D eigenvalue weighted by Gasteiger charge is -2.06. The molecule has 1 amide bonds. The molecule has 0 atom stereocenters. The first-order chi connectivity index (χ1) is 7.29. The summed E-state index contributed by atoms with van der Waals surface area (Å²) >= 11 is 0. The Balaban J connectivity index is 2.73. The molecule has 82 valence electrons. The molecule has 0 aliphatic rings. The van der Waals surface area contributed by atoms with Crippen LogP contribution in [0.1, 0.15) is 42.1 Å². The molecule has 4 nitrogen and oxygen atoms in total. The van der Waals surface area contributed by atoms with Gasteiger partial charge in [0.05, 0.1) is 0 Å². The zero-order valence-corrected chi connectivity index (χ0v) is 8.99. The molecule has 1 aromatic heterocycles. The van der Waals surface area contributed by atoms with Crippen molar-refractivity contribution in [3.05, 3.63) is 29.6 Å². The van der Waals surface area contributed by atoms with Gasteiger partial charge in [-0.2, -0.15) is 0 Å². The van der Waals surface area contributed by atoms with Crippen molar-refractivity contribution in [2.45, 2.75) is 32.6 Å². The number of nitrogens with two attached hydrogens (primary N) is 1. The van der Waals surface area contributed by atoms with Crippen molar-refractivity contribution < 1.29 is 4.79 Å². The van der Waals surface area contributed by atoms with Gasteiger partial charge in [-0.3, -0.25) is 15.2 Å². The minimum atomic E-state index is -0.246. The number of nitrogen functional groups attached to an aromatic ring is 1. The Bertz CT molecular complexity index is 325. The Morgan fingerprint density at radius 2 is 2.33 bits per heavy atom. The summed E-state index contributed by atoms with van der Waals surface area (Å²) in [6, 6.07) is 1.70. The van der Waals surface area contributed by atoms with Crippen LogP contribution in [0.25, 0.3) is 0 Å². The molecule has 0 fully saturated rings. The van der Waals surface area contributed by atoms with E-state index in [1.165, 1.54) is 12.8 Å². The number of unbranched alkanes of at least 4 members (excludes halogenated alkanes) is 2. The first kappa shape index (κ1) is 11.7. The molecule has 0 unspecified atom stereocenters. The molecular weight excluding hydrogens is 190 g/mol. The lowest BCUT2D eigenvalue weighted by Crippen LogP contribution is -2.30. The highest BCUT2D eigenvalue weighted by atomic mass is 16.2. The smallest absolute Gasteiger partial charge is 0.265 e. The fourth-order valence-electron chi connectivity index (χ4n) is 1.49. The van der Waals surface area contributed by atoms with Crippen molar-refractivity contribution in [3.63, 3.8) is 0 Å². The molecule has 3 N–H and O–H groups in total. The van der Waals surface area contributed by atoms with Crippen LogP contribution in [0.5, 0.6) is 0 Å². The highest BCUT2D eigenvalue weighted by Crippen LogP contribution is 2.11. The largest absolute Gasteiger partial charge is 0.290 e. The maximum Gasteiger partial charge on any atom is 0.265 e. The fraction of sp³-hybridized carbons (Fsp3) is 0.455. The maximum atomic E-state index is 11.4. The molecule has 1 aromatic rings. The third kappa shape index (κ3) is 3.32. The van der Waals surface area contributed by atoms with Gasteiger partial charge in [0.1, 0.15) is 0 Å². The van der Waals surface area contributed by atoms with Gasteiger partial charge in [0.25, 0.3) is 5.91 Å². The number of rotatable bonds is 5. The summed E-state index contributed by atoms with van der Waals surface area (Å²) < 4.78 is 0. The third-order valence-electron chi connectivity index (χ3n) is 2.33. The van der Waals surface area contributed by atoms with Crippen molar-refractivity contribution in [1.29, 1.82) is 0 Å². The van der Waals surface area contributed by atoms with Gasteiger partial charge in [-0.25, -0.2) is 5.84 Å². The van der Waals surface area contributed by atoms with Gasteiger partial charge >= 0.3 is 0 Å². The van der Waals surface area contributed by atoms with Gasteiger partial charge in [0, 0.05) is 18.0 Å². The molecule has 0 saturated heterocycles. The van der Waals surface area contributed by atoms with Crippen molar-refractivity contribution in [2.75, 3.05) is 0 Å². The van der Waals surface area contributed by atoms with Crippen molar-refractivity contribution in [2.24, 2.45) is 5.84 Å². The first-order valence-electron chi connectivity index (χ1n) is 5.23. The number of amides is 1. The van der Waals surface area contributed by atoms with Crippen molar-refractivity contribution >= 4 is 5.91 Å². The van der Waals surface area contributed by atoms with Crippen LogP contribution in [0.3, 0.4) is 0 Å². The van der Waals surface area contributed by atoms with Crippen LogP contribution in [0.15, 0.2) is 18.5 Å². The average Bonchev–Trinajstić information content (AvgIpc) is 2.29. The third-order valence-corrected chi connectivity index (χ3v) is 2.33. The van der Waals surface area contributed by atoms with E-state index in [-0.39, 0.29) is 5.91 Å². The minimum Gasteiger partial charge on any atom is -0.290 e. The summed E-state index contributed by atoms with van der Waals surface area (Å²) in [5.74, 6) is 4.86. The zero-order valence-electron chi connectivity index (χ0n) is 8.99. The number of hydrogen-bond donors (Lipinski definition) is 2. The summed E-state index contributed by atoms with van der Waals surface area (Å²) in [5.41, 5.74) is 3.74. The molecule has 4 heteroatoms. The van der Waals surface area contributed by atoms with Crippen LogP contribution in [0.2, 0.25) is 0 Å². The lowest BCUT2D eigenvalue weighted by molar-refractivity contribution is 0.0952. The van der Waals surface area contributed by atoms with E-state index < -0.39 is 0 Å². The van der Waals surface area contributed by atoms with E-state index >= 15 is 0 Å². The van der Waals surface area contributed by atoms with Crippen molar-refractivity contribution in [1.82, 2.24) is 10.4 Å². The van der Waals surface area contributed by atoms with Gasteiger partial charge in [0.2, 0.25) is 0 Å². The summed E-state index contributed by atoms with van der Waals surface area (Å²) in [5, 5.41) is 0. The van der Waals surface area contributed by atoms with E-state index in [1.807, 2.05) is 0 Å². The summed E-state index contributed by atoms with van der Waals surface area (Å²) in [6.45, 7) is 2.15. The van der Waals surface area contributed by atoms with Crippen LogP contribution < -0.4 is 11.3 Å². The minimum absolute atomic E-state index is 0.246. The van der Waals surface area contributed by atoms with E-state index in [0.29, 0.717) is 5.56 Å². The van der Waals surface area contributed by atoms with Crippen LogP contribution in [0.4, 0.5) is 0 Å². The Morgan fingerprint density at radius 3 is 3.00 bits per heavy atom. The Morgan fingerprint density at radius 1 is 1.53 bits per heavy atom. The number of aromatic nitrogens is 1. The molecule has 15 heavy (non-hydrogen) atoms. The zero-order chi connectivity index (χ0) is 11.1. The number of pyridine rings is 1. The normalized spacial score (nSPS) is 10.0. The molecule has 0 bridgehead atoms. The number of hydrazine groups is 1. The molecule has 0 spiro atoms. The summed E-state index contributed by atoms with van der Waals surface area (Å²) in [6.07, 6.45) is 7.63. The molecule has 0 aromatic carbocycles. The summed E-state index contributed by atoms with van der Waals surface area (Å²) in [4.78, 5) is 15.4. The Labute approximate surface area is 89.9 Å². The topological polar surface area (TPSA) is 68.0 Å². The number of nitrogens with zero attached hydrogens (tertiary/aromatic N) is 1. The average molecular weight is 207 g/mol. The first-order valence-corrected chi connectivity index (χ1v) is 5.23. The van der Waals surface area contributed by atoms with E-state index in [4.69, 9.17) is 5.84 Å². The Hall–Kier alpha value is -1.42. The summed E-state index contributed by atoms with van der Waals surface area (Å²) in [7, 11) is 0. The highest BCUT2D eigenvalue weighted by Gasteiger charge is 2.08. The van der Waals surface area contributed by atoms with Gasteiger partial charge < -0.3 is 0 Å². The SMILES string of the molecule is CCCCCc1cnccc1C(=O)NN. The van der Waals surface area contributed by atoms with Gasteiger partial charge in [-0.05, 0) is 24.5 Å². The fourth-order valence-corrected chi connectivity index (χ4v) is 1.49. The second-order valence-corrected chi connectivity index (χ2v) is 3.46. The van der Waals surface area contributed by atoms with Crippen LogP contribution >= 0.6 is 0 Å². The monoisotopic (exact) mass is 207 g/mol. The second-order valence-electron chi connectivity index (χ2n) is 3.46. The molecule has 1 rings (SSSR count). The number of aryl methyl sites for hydroxylation is 1. The molecule has 0 aliphatic carbocycles. The molecule has 0 radical (unpaired) electrons. The van der Waals surface area contributed by atoms with E-state index in [0.717, 1.165) is 18.4 Å². The maximum absolute atomic E-state index is 11.4. The van der Waals surface area contributed by atoms with Gasteiger partial charge in [0.15, 0.2) is 0 Å². The predicted molar refractivity (Wildman–Crippen MR) is 59.1 cm³/mol. The molecule has 0 aliphatic heterocycles. The van der Waals surface area contributed by atoms with Gasteiger partial charge in [-0.15, -0.1) is 0 Å². The molecule has 0 saturated carbocycles. The number of carbonyl (C=O) groups excluding carboxylic acids is 1. The molecular formula is C11H17N3O.